The molecule has 1 saturated carbocycles. The molecule has 110 valence electrons. The van der Waals surface area contributed by atoms with Gasteiger partial charge in [0.15, 0.2) is 6.10 Å². The normalized spacial score (nSPS) is 17.9. The molecule has 0 aromatic rings. The summed E-state index contributed by atoms with van der Waals surface area (Å²) in [6.07, 6.45) is 1.01. The highest BCUT2D eigenvalue weighted by atomic mass is 16.4. The van der Waals surface area contributed by atoms with Gasteiger partial charge in [-0.05, 0) is 26.8 Å². The van der Waals surface area contributed by atoms with Crippen LogP contribution in [0.4, 0.5) is 4.79 Å². The number of hydrogen-bond donors (Lipinski definition) is 4. The molecule has 0 saturated heterocycles. The summed E-state index contributed by atoms with van der Waals surface area (Å²) in [5, 5.41) is 22.7. The Morgan fingerprint density at radius 2 is 2.00 bits per heavy atom. The highest BCUT2D eigenvalue weighted by Crippen LogP contribution is 2.26. The second-order valence-electron chi connectivity index (χ2n) is 5.03. The van der Waals surface area contributed by atoms with Crippen LogP contribution in [0.2, 0.25) is 0 Å². The van der Waals surface area contributed by atoms with Gasteiger partial charge in [-0.2, -0.15) is 0 Å². The van der Waals surface area contributed by atoms with E-state index in [-0.39, 0.29) is 25.0 Å². The molecule has 1 aliphatic rings. The molecule has 0 aromatic carbocycles. The summed E-state index contributed by atoms with van der Waals surface area (Å²) >= 11 is 0. The van der Waals surface area contributed by atoms with Crippen molar-refractivity contribution in [1.29, 1.82) is 0 Å². The van der Waals surface area contributed by atoms with E-state index in [1.54, 1.807) is 0 Å². The number of carboxylic acid groups (broad SMARTS) is 1. The number of aliphatic hydroxyl groups is 1. The standard InChI is InChI=1S/C12H23N3O4/c1-8(15(2)9-3-4-9)7-14-12(19)13-6-5-10(16)11(17)18/h8-10,16H,3-7H2,1-2H3,(H,17,18)(H2,13,14,19). The SMILES string of the molecule is CC(CNC(=O)NCCC(O)C(=O)O)N(C)C1CC1. The molecule has 0 radical (unpaired) electrons. The van der Waals surface area contributed by atoms with Crippen molar-refractivity contribution in [3.05, 3.63) is 0 Å². The van der Waals surface area contributed by atoms with E-state index in [1.807, 2.05) is 14.0 Å². The molecule has 7 nitrogen and oxygen atoms in total. The van der Waals surface area contributed by atoms with Crippen LogP contribution in [0.1, 0.15) is 26.2 Å². The number of carbonyl (C=O) groups is 2. The fourth-order valence-corrected chi connectivity index (χ4v) is 1.73. The van der Waals surface area contributed by atoms with E-state index >= 15 is 0 Å². The van der Waals surface area contributed by atoms with Crippen LogP contribution in [0.25, 0.3) is 0 Å². The van der Waals surface area contributed by atoms with E-state index in [1.165, 1.54) is 12.8 Å². The van der Waals surface area contributed by atoms with E-state index in [2.05, 4.69) is 15.5 Å². The van der Waals surface area contributed by atoms with E-state index < -0.39 is 12.1 Å². The molecule has 1 rings (SSSR count). The highest BCUT2D eigenvalue weighted by Gasteiger charge is 2.29. The fraction of sp³-hybridized carbons (Fsp3) is 0.833. The molecule has 0 spiro atoms. The van der Waals surface area contributed by atoms with Crippen LogP contribution in [-0.2, 0) is 4.79 Å². The molecule has 0 heterocycles. The lowest BCUT2D eigenvalue weighted by Crippen LogP contribution is -2.45. The molecule has 2 amide bonds. The molecule has 0 aromatic heterocycles. The number of nitrogens with zero attached hydrogens (tertiary/aromatic N) is 1. The molecule has 4 N–H and O–H groups in total. The zero-order chi connectivity index (χ0) is 14.4. The molecular formula is C12H23N3O4. The topological polar surface area (TPSA) is 102 Å². The third-order valence-corrected chi connectivity index (χ3v) is 3.36. The molecule has 19 heavy (non-hydrogen) atoms. The van der Waals surface area contributed by atoms with Gasteiger partial charge < -0.3 is 20.8 Å². The third kappa shape index (κ3) is 5.89. The number of carbonyl (C=O) groups excluding carboxylic acids is 1. The Hall–Kier alpha value is -1.34. The number of carboxylic acids is 1. The number of aliphatic hydroxyl groups excluding tert-OH is 1. The monoisotopic (exact) mass is 273 g/mol. The Balaban J connectivity index is 2.08. The Kier molecular flexibility index (Phi) is 6.04. The van der Waals surface area contributed by atoms with Crippen LogP contribution in [0.3, 0.4) is 0 Å². The Bertz CT molecular complexity index is 320. The summed E-state index contributed by atoms with van der Waals surface area (Å²) < 4.78 is 0. The Morgan fingerprint density at radius 1 is 1.37 bits per heavy atom. The van der Waals surface area contributed by atoms with Crippen molar-refractivity contribution in [3.8, 4) is 0 Å². The van der Waals surface area contributed by atoms with Crippen LogP contribution in [0.5, 0.6) is 0 Å². The van der Waals surface area contributed by atoms with Crippen molar-refractivity contribution in [2.75, 3.05) is 20.1 Å². The van der Waals surface area contributed by atoms with Crippen LogP contribution in [0, 0.1) is 0 Å². The number of amides is 2. The maximum absolute atomic E-state index is 11.4. The molecule has 2 atom stereocenters. The number of rotatable bonds is 8. The first-order chi connectivity index (χ1) is 8.91. The van der Waals surface area contributed by atoms with E-state index in [0.29, 0.717) is 12.6 Å². The predicted molar refractivity (Wildman–Crippen MR) is 69.9 cm³/mol. The van der Waals surface area contributed by atoms with Crippen molar-refractivity contribution in [3.63, 3.8) is 0 Å². The molecular weight excluding hydrogens is 250 g/mol. The van der Waals surface area contributed by atoms with Crippen LogP contribution in [0.15, 0.2) is 0 Å². The lowest BCUT2D eigenvalue weighted by Gasteiger charge is -2.24. The summed E-state index contributed by atoms with van der Waals surface area (Å²) in [6, 6.07) is 0.571. The molecule has 0 bridgehead atoms. The minimum Gasteiger partial charge on any atom is -0.479 e. The van der Waals surface area contributed by atoms with Gasteiger partial charge in [-0.1, -0.05) is 0 Å². The van der Waals surface area contributed by atoms with Gasteiger partial charge in [0.1, 0.15) is 0 Å². The van der Waals surface area contributed by atoms with E-state index in [0.717, 1.165) is 0 Å². The zero-order valence-electron chi connectivity index (χ0n) is 11.4. The Morgan fingerprint density at radius 3 is 2.53 bits per heavy atom. The van der Waals surface area contributed by atoms with Gasteiger partial charge >= 0.3 is 12.0 Å². The van der Waals surface area contributed by atoms with Crippen LogP contribution < -0.4 is 10.6 Å². The lowest BCUT2D eigenvalue weighted by atomic mass is 10.2. The van der Waals surface area contributed by atoms with Gasteiger partial charge in [0.25, 0.3) is 0 Å². The lowest BCUT2D eigenvalue weighted by molar-refractivity contribution is -0.146. The van der Waals surface area contributed by atoms with Gasteiger partial charge in [0.05, 0.1) is 0 Å². The smallest absolute Gasteiger partial charge is 0.332 e. The quantitative estimate of drug-likeness (QED) is 0.482. The number of aliphatic carboxylic acids is 1. The van der Waals surface area contributed by atoms with E-state index in [9.17, 15) is 9.59 Å². The first-order valence-corrected chi connectivity index (χ1v) is 6.56. The summed E-state index contributed by atoms with van der Waals surface area (Å²) in [7, 11) is 2.05. The highest BCUT2D eigenvalue weighted by molar-refractivity contribution is 5.74. The first kappa shape index (κ1) is 15.7. The third-order valence-electron chi connectivity index (χ3n) is 3.36. The number of hydrogen-bond acceptors (Lipinski definition) is 4. The molecule has 2 unspecified atom stereocenters. The van der Waals surface area contributed by atoms with Crippen molar-refractivity contribution >= 4 is 12.0 Å². The average Bonchev–Trinajstić information content (AvgIpc) is 3.18. The maximum atomic E-state index is 11.4. The van der Waals surface area contributed by atoms with Crippen molar-refractivity contribution in [2.24, 2.45) is 0 Å². The van der Waals surface area contributed by atoms with Gasteiger partial charge in [0, 0.05) is 31.6 Å². The summed E-state index contributed by atoms with van der Waals surface area (Å²) in [5.41, 5.74) is 0. The molecule has 1 aliphatic carbocycles. The zero-order valence-corrected chi connectivity index (χ0v) is 11.4. The number of urea groups is 1. The second kappa shape index (κ2) is 7.30. The maximum Gasteiger partial charge on any atom is 0.332 e. The van der Waals surface area contributed by atoms with Gasteiger partial charge in [-0.3, -0.25) is 4.90 Å². The summed E-state index contributed by atoms with van der Waals surface area (Å²) in [5.74, 6) is -1.28. The number of nitrogens with one attached hydrogen (secondary N) is 2. The van der Waals surface area contributed by atoms with Crippen LogP contribution in [-0.4, -0.2) is 65.4 Å². The van der Waals surface area contributed by atoms with Crippen LogP contribution >= 0.6 is 0 Å². The Labute approximate surface area is 113 Å². The summed E-state index contributed by atoms with van der Waals surface area (Å²) in [4.78, 5) is 24.0. The second-order valence-corrected chi connectivity index (χ2v) is 5.03. The fourth-order valence-electron chi connectivity index (χ4n) is 1.73. The predicted octanol–water partition coefficient (Wildman–Crippen LogP) is -0.396. The van der Waals surface area contributed by atoms with Gasteiger partial charge in [0.2, 0.25) is 0 Å². The molecule has 7 heteroatoms. The van der Waals surface area contributed by atoms with Crippen molar-refractivity contribution in [1.82, 2.24) is 15.5 Å². The van der Waals surface area contributed by atoms with E-state index in [4.69, 9.17) is 10.2 Å². The largest absolute Gasteiger partial charge is 0.479 e. The molecule has 0 aliphatic heterocycles. The van der Waals surface area contributed by atoms with Gasteiger partial charge in [-0.25, -0.2) is 9.59 Å². The minimum absolute atomic E-state index is 0.000282. The van der Waals surface area contributed by atoms with Crippen molar-refractivity contribution < 1.29 is 19.8 Å². The first-order valence-electron chi connectivity index (χ1n) is 6.56. The number of likely N-dealkylation sites (N-methyl/N-ethyl adjacent to an activating group) is 1. The van der Waals surface area contributed by atoms with Gasteiger partial charge in [-0.15, -0.1) is 0 Å². The van der Waals surface area contributed by atoms with Crippen molar-refractivity contribution in [2.45, 2.75) is 44.4 Å². The molecule has 1 fully saturated rings. The summed E-state index contributed by atoms with van der Waals surface area (Å²) in [6.45, 7) is 2.72. The average molecular weight is 273 g/mol. The minimum atomic E-state index is -1.43.